The number of hydrogen-bond donors (Lipinski definition) is 1. The van der Waals surface area contributed by atoms with Crippen LogP contribution < -0.4 is 5.32 Å². The summed E-state index contributed by atoms with van der Waals surface area (Å²) in [4.78, 5) is 4.08. The Labute approximate surface area is 101 Å². The molecule has 0 atom stereocenters. The Morgan fingerprint density at radius 1 is 1.35 bits per heavy atom. The maximum atomic E-state index is 5.28. The minimum atomic E-state index is 0.636. The molecule has 2 aromatic heterocycles. The highest BCUT2D eigenvalue weighted by molar-refractivity contribution is 5.59. The molecule has 2 heterocycles. The van der Waals surface area contributed by atoms with Crippen LogP contribution >= 0.6 is 0 Å². The molecule has 2 aromatic rings. The van der Waals surface area contributed by atoms with Gasteiger partial charge in [-0.25, -0.2) is 0 Å². The molecule has 4 nitrogen and oxygen atoms in total. The summed E-state index contributed by atoms with van der Waals surface area (Å²) >= 11 is 0. The third-order valence-electron chi connectivity index (χ3n) is 2.44. The summed E-state index contributed by atoms with van der Waals surface area (Å²) in [6, 6.07) is 3.86. The van der Waals surface area contributed by atoms with Crippen molar-refractivity contribution >= 4 is 0 Å². The summed E-state index contributed by atoms with van der Waals surface area (Å²) < 4.78 is 5.28. The first kappa shape index (κ1) is 11.8. The molecule has 90 valence electrons. The van der Waals surface area contributed by atoms with E-state index in [-0.39, 0.29) is 0 Å². The molecule has 0 aliphatic rings. The van der Waals surface area contributed by atoms with Crippen molar-refractivity contribution in [2.24, 2.45) is 5.92 Å². The predicted molar refractivity (Wildman–Crippen MR) is 66.3 cm³/mol. The largest absolute Gasteiger partial charge is 0.356 e. The molecule has 0 aliphatic heterocycles. The van der Waals surface area contributed by atoms with Crippen molar-refractivity contribution in [1.82, 2.24) is 15.5 Å². The van der Waals surface area contributed by atoms with Crippen LogP contribution in [0.3, 0.4) is 0 Å². The zero-order chi connectivity index (χ0) is 12.1. The standard InChI is InChI=1S/C13H17N3O/c1-10(2)6-15-8-12-9-16-17-13(12)11-4-3-5-14-7-11/h3-5,7,9-10,15H,6,8H2,1-2H3. The van der Waals surface area contributed by atoms with Gasteiger partial charge in [-0.2, -0.15) is 0 Å². The van der Waals surface area contributed by atoms with Crippen LogP contribution in [0.25, 0.3) is 11.3 Å². The van der Waals surface area contributed by atoms with E-state index in [4.69, 9.17) is 4.52 Å². The van der Waals surface area contributed by atoms with E-state index in [0.717, 1.165) is 30.0 Å². The molecule has 0 saturated heterocycles. The van der Waals surface area contributed by atoms with E-state index in [0.29, 0.717) is 5.92 Å². The van der Waals surface area contributed by atoms with Gasteiger partial charge in [-0.1, -0.05) is 19.0 Å². The summed E-state index contributed by atoms with van der Waals surface area (Å²) in [5, 5.41) is 7.23. The maximum Gasteiger partial charge on any atom is 0.172 e. The van der Waals surface area contributed by atoms with E-state index >= 15 is 0 Å². The first-order chi connectivity index (χ1) is 8.27. The van der Waals surface area contributed by atoms with E-state index < -0.39 is 0 Å². The zero-order valence-electron chi connectivity index (χ0n) is 10.2. The molecule has 4 heteroatoms. The van der Waals surface area contributed by atoms with Gasteiger partial charge in [0.05, 0.1) is 6.20 Å². The van der Waals surface area contributed by atoms with Gasteiger partial charge < -0.3 is 9.84 Å². The lowest BCUT2D eigenvalue weighted by molar-refractivity contribution is 0.431. The van der Waals surface area contributed by atoms with Gasteiger partial charge >= 0.3 is 0 Å². The van der Waals surface area contributed by atoms with Crippen LogP contribution in [0.1, 0.15) is 19.4 Å². The van der Waals surface area contributed by atoms with Gasteiger partial charge in [-0.15, -0.1) is 0 Å². The summed E-state index contributed by atoms with van der Waals surface area (Å²) in [5.74, 6) is 1.44. The fourth-order valence-electron chi connectivity index (χ4n) is 1.62. The maximum absolute atomic E-state index is 5.28. The van der Waals surface area contributed by atoms with Crippen molar-refractivity contribution in [3.8, 4) is 11.3 Å². The van der Waals surface area contributed by atoms with E-state index in [2.05, 4.69) is 29.3 Å². The Morgan fingerprint density at radius 3 is 2.94 bits per heavy atom. The number of aromatic nitrogens is 2. The fourth-order valence-corrected chi connectivity index (χ4v) is 1.62. The quantitative estimate of drug-likeness (QED) is 0.859. The Morgan fingerprint density at radius 2 is 2.24 bits per heavy atom. The van der Waals surface area contributed by atoms with Crippen LogP contribution in [-0.4, -0.2) is 16.7 Å². The number of hydrogen-bond acceptors (Lipinski definition) is 4. The summed E-state index contributed by atoms with van der Waals surface area (Å²) in [7, 11) is 0. The molecule has 0 aliphatic carbocycles. The van der Waals surface area contributed by atoms with E-state index in [1.807, 2.05) is 12.1 Å². The highest BCUT2D eigenvalue weighted by Crippen LogP contribution is 2.22. The molecule has 0 fully saturated rings. The minimum absolute atomic E-state index is 0.636. The normalized spacial score (nSPS) is 11.0. The van der Waals surface area contributed by atoms with E-state index in [1.54, 1.807) is 18.6 Å². The zero-order valence-corrected chi connectivity index (χ0v) is 10.2. The van der Waals surface area contributed by atoms with Crippen LogP contribution in [0.5, 0.6) is 0 Å². The van der Waals surface area contributed by atoms with Crippen LogP contribution in [0, 0.1) is 5.92 Å². The number of rotatable bonds is 5. The van der Waals surface area contributed by atoms with Crippen molar-refractivity contribution in [2.75, 3.05) is 6.54 Å². The van der Waals surface area contributed by atoms with E-state index in [1.165, 1.54) is 0 Å². The van der Waals surface area contributed by atoms with Gasteiger partial charge in [0.2, 0.25) is 0 Å². The minimum Gasteiger partial charge on any atom is -0.356 e. The molecule has 0 unspecified atom stereocenters. The fraction of sp³-hybridized carbons (Fsp3) is 0.385. The van der Waals surface area contributed by atoms with Gasteiger partial charge in [0.25, 0.3) is 0 Å². The highest BCUT2D eigenvalue weighted by atomic mass is 16.5. The average molecular weight is 231 g/mol. The van der Waals surface area contributed by atoms with Crippen molar-refractivity contribution in [1.29, 1.82) is 0 Å². The van der Waals surface area contributed by atoms with Crippen LogP contribution in [0.4, 0.5) is 0 Å². The predicted octanol–water partition coefficient (Wildman–Crippen LogP) is 2.48. The molecular weight excluding hydrogens is 214 g/mol. The number of nitrogens with zero attached hydrogens (tertiary/aromatic N) is 2. The Hall–Kier alpha value is -1.68. The van der Waals surface area contributed by atoms with Crippen molar-refractivity contribution < 1.29 is 4.52 Å². The van der Waals surface area contributed by atoms with Gasteiger partial charge in [-0.05, 0) is 24.6 Å². The second-order valence-corrected chi connectivity index (χ2v) is 4.45. The third kappa shape index (κ3) is 3.14. The van der Waals surface area contributed by atoms with Crippen molar-refractivity contribution in [3.63, 3.8) is 0 Å². The first-order valence-corrected chi connectivity index (χ1v) is 5.82. The lowest BCUT2D eigenvalue weighted by atomic mass is 10.1. The summed E-state index contributed by atoms with van der Waals surface area (Å²) in [6.07, 6.45) is 5.29. The van der Waals surface area contributed by atoms with Crippen LogP contribution in [0.15, 0.2) is 35.2 Å². The lowest BCUT2D eigenvalue weighted by Crippen LogP contribution is -2.18. The summed E-state index contributed by atoms with van der Waals surface area (Å²) in [6.45, 7) is 6.12. The third-order valence-corrected chi connectivity index (χ3v) is 2.44. The first-order valence-electron chi connectivity index (χ1n) is 5.82. The second kappa shape index (κ2) is 5.59. The van der Waals surface area contributed by atoms with Crippen LogP contribution in [-0.2, 0) is 6.54 Å². The number of nitrogens with one attached hydrogen (secondary N) is 1. The smallest absolute Gasteiger partial charge is 0.172 e. The SMILES string of the molecule is CC(C)CNCc1cnoc1-c1cccnc1. The van der Waals surface area contributed by atoms with Gasteiger partial charge in [0.15, 0.2) is 5.76 Å². The Bertz CT molecular complexity index is 451. The summed E-state index contributed by atoms with van der Waals surface area (Å²) in [5.41, 5.74) is 2.03. The molecule has 0 bridgehead atoms. The Kier molecular flexibility index (Phi) is 3.88. The molecule has 17 heavy (non-hydrogen) atoms. The average Bonchev–Trinajstić information content (AvgIpc) is 2.78. The molecule has 2 rings (SSSR count). The van der Waals surface area contributed by atoms with Crippen molar-refractivity contribution in [3.05, 3.63) is 36.3 Å². The highest BCUT2D eigenvalue weighted by Gasteiger charge is 2.10. The number of pyridine rings is 1. The van der Waals surface area contributed by atoms with E-state index in [9.17, 15) is 0 Å². The monoisotopic (exact) mass is 231 g/mol. The second-order valence-electron chi connectivity index (χ2n) is 4.45. The molecule has 0 saturated carbocycles. The molecule has 0 amide bonds. The van der Waals surface area contributed by atoms with Gasteiger partial charge in [-0.3, -0.25) is 4.98 Å². The van der Waals surface area contributed by atoms with Gasteiger partial charge in [0, 0.05) is 30.1 Å². The lowest BCUT2D eigenvalue weighted by Gasteiger charge is -2.06. The van der Waals surface area contributed by atoms with Gasteiger partial charge in [0.1, 0.15) is 0 Å². The Balaban J connectivity index is 2.07. The molecule has 0 aromatic carbocycles. The van der Waals surface area contributed by atoms with Crippen LogP contribution in [0.2, 0.25) is 0 Å². The topological polar surface area (TPSA) is 51.0 Å². The molecule has 0 spiro atoms. The molecule has 1 N–H and O–H groups in total. The molecule has 0 radical (unpaired) electrons. The molecular formula is C13H17N3O. The van der Waals surface area contributed by atoms with Crippen molar-refractivity contribution in [2.45, 2.75) is 20.4 Å².